The molecule has 2 unspecified atom stereocenters. The van der Waals surface area contributed by atoms with Crippen molar-refractivity contribution in [2.75, 3.05) is 28.3 Å². The number of methoxy groups -OCH3 is 2. The lowest BCUT2D eigenvalue weighted by Crippen LogP contribution is -2.50. The zero-order valence-corrected chi connectivity index (χ0v) is 18.6. The van der Waals surface area contributed by atoms with Crippen molar-refractivity contribution in [3.8, 4) is 28.0 Å². The number of likely N-dealkylation sites (N-methyl/N-ethyl adjacent to an activating group) is 1. The highest BCUT2D eigenvalue weighted by molar-refractivity contribution is 5.84. The monoisotopic (exact) mass is 401 g/mol. The summed E-state index contributed by atoms with van der Waals surface area (Å²) in [7, 11) is 7.82. The Labute approximate surface area is 180 Å². The third kappa shape index (κ3) is 3.53. The van der Waals surface area contributed by atoms with Crippen LogP contribution in [0.2, 0.25) is 0 Å². The zero-order chi connectivity index (χ0) is 21.3. The average Bonchev–Trinajstić information content (AvgIpc) is 2.79. The molecule has 2 atom stereocenters. The molecule has 0 N–H and O–H groups in total. The van der Waals surface area contributed by atoms with Crippen LogP contribution >= 0.6 is 0 Å². The average molecular weight is 402 g/mol. The van der Waals surface area contributed by atoms with Gasteiger partial charge in [-0.2, -0.15) is 0 Å². The van der Waals surface area contributed by atoms with Crippen molar-refractivity contribution >= 4 is 0 Å². The zero-order valence-electron chi connectivity index (χ0n) is 18.6. The Bertz CT molecular complexity index is 1030. The van der Waals surface area contributed by atoms with Crippen LogP contribution in [0.25, 0.3) is 22.3 Å². The summed E-state index contributed by atoms with van der Waals surface area (Å²) in [5, 5.41) is 0. The van der Waals surface area contributed by atoms with E-state index in [-0.39, 0.29) is 5.60 Å². The molecule has 0 amide bonds. The van der Waals surface area contributed by atoms with Crippen LogP contribution in [0.15, 0.2) is 66.7 Å². The molecule has 0 saturated carbocycles. The predicted octanol–water partition coefficient (Wildman–Crippen LogP) is 5.77. The SMILES string of the molecule is COc1ccc(-c2ccccc2-c2ccc3c(c2)CCC(N(C)C)C3(C)OC)cc1. The second-order valence-electron chi connectivity index (χ2n) is 8.48. The van der Waals surface area contributed by atoms with E-state index in [4.69, 9.17) is 9.47 Å². The summed E-state index contributed by atoms with van der Waals surface area (Å²) < 4.78 is 11.4. The molecule has 3 heteroatoms. The van der Waals surface area contributed by atoms with E-state index in [1.807, 2.05) is 19.2 Å². The summed E-state index contributed by atoms with van der Waals surface area (Å²) in [6, 6.07) is 24.2. The molecule has 0 bridgehead atoms. The maximum Gasteiger partial charge on any atom is 0.118 e. The smallest absolute Gasteiger partial charge is 0.118 e. The molecule has 0 heterocycles. The summed E-state index contributed by atoms with van der Waals surface area (Å²) in [6.45, 7) is 2.22. The van der Waals surface area contributed by atoms with Gasteiger partial charge in [-0.15, -0.1) is 0 Å². The standard InChI is InChI=1S/C27H31NO2/c1-27(30-5)25-16-12-20(18-21(25)13-17-26(27)28(2)3)24-9-7-6-8-23(24)19-10-14-22(29-4)15-11-19/h6-12,14-16,18,26H,13,17H2,1-5H3. The van der Waals surface area contributed by atoms with Gasteiger partial charge in [0, 0.05) is 13.2 Å². The van der Waals surface area contributed by atoms with Gasteiger partial charge in [0.2, 0.25) is 0 Å². The van der Waals surface area contributed by atoms with Gasteiger partial charge >= 0.3 is 0 Å². The first-order chi connectivity index (χ1) is 14.5. The number of hydrogen-bond donors (Lipinski definition) is 0. The number of aryl methyl sites for hydroxylation is 1. The van der Waals surface area contributed by atoms with E-state index in [2.05, 4.69) is 80.5 Å². The molecule has 4 rings (SSSR count). The van der Waals surface area contributed by atoms with Gasteiger partial charge in [-0.05, 0) is 79.4 Å². The van der Waals surface area contributed by atoms with Gasteiger partial charge in [-0.25, -0.2) is 0 Å². The first kappa shape index (κ1) is 20.6. The van der Waals surface area contributed by atoms with Crippen molar-refractivity contribution in [3.05, 3.63) is 77.9 Å². The maximum absolute atomic E-state index is 6.09. The van der Waals surface area contributed by atoms with Gasteiger partial charge in [-0.1, -0.05) is 54.6 Å². The van der Waals surface area contributed by atoms with Crippen LogP contribution in [0.4, 0.5) is 0 Å². The summed E-state index contributed by atoms with van der Waals surface area (Å²) >= 11 is 0. The Morgan fingerprint density at radius 3 is 2.10 bits per heavy atom. The van der Waals surface area contributed by atoms with Crippen LogP contribution in [0.5, 0.6) is 5.75 Å². The lowest BCUT2D eigenvalue weighted by Gasteiger charge is -2.45. The molecule has 0 saturated heterocycles. The lowest BCUT2D eigenvalue weighted by molar-refractivity contribution is -0.0686. The van der Waals surface area contributed by atoms with Crippen LogP contribution in [0.1, 0.15) is 24.5 Å². The van der Waals surface area contributed by atoms with Crippen LogP contribution in [0, 0.1) is 0 Å². The second-order valence-corrected chi connectivity index (χ2v) is 8.48. The van der Waals surface area contributed by atoms with E-state index in [1.54, 1.807) is 7.11 Å². The van der Waals surface area contributed by atoms with Gasteiger partial charge in [-0.3, -0.25) is 0 Å². The number of hydrogen-bond acceptors (Lipinski definition) is 3. The van der Waals surface area contributed by atoms with E-state index < -0.39 is 0 Å². The van der Waals surface area contributed by atoms with Gasteiger partial charge in [0.05, 0.1) is 7.11 Å². The van der Waals surface area contributed by atoms with E-state index in [0.717, 1.165) is 18.6 Å². The topological polar surface area (TPSA) is 21.7 Å². The lowest BCUT2D eigenvalue weighted by atomic mass is 9.75. The molecule has 1 aliphatic rings. The van der Waals surface area contributed by atoms with Crippen molar-refractivity contribution in [1.82, 2.24) is 4.90 Å². The molecule has 1 aliphatic carbocycles. The Morgan fingerprint density at radius 2 is 1.50 bits per heavy atom. The number of nitrogens with zero attached hydrogens (tertiary/aromatic N) is 1. The predicted molar refractivity (Wildman–Crippen MR) is 124 cm³/mol. The quantitative estimate of drug-likeness (QED) is 0.542. The van der Waals surface area contributed by atoms with Gasteiger partial charge in [0.25, 0.3) is 0 Å². The summed E-state index contributed by atoms with van der Waals surface area (Å²) in [5.41, 5.74) is 7.32. The first-order valence-electron chi connectivity index (χ1n) is 10.6. The fraction of sp³-hybridized carbons (Fsp3) is 0.333. The van der Waals surface area contributed by atoms with Crippen LogP contribution in [-0.4, -0.2) is 39.3 Å². The highest BCUT2D eigenvalue weighted by Crippen LogP contribution is 2.42. The fourth-order valence-electron chi connectivity index (χ4n) is 4.95. The molecule has 3 nitrogen and oxygen atoms in total. The Balaban J connectivity index is 1.77. The highest BCUT2D eigenvalue weighted by atomic mass is 16.5. The van der Waals surface area contributed by atoms with E-state index in [1.165, 1.54) is 33.4 Å². The molecule has 0 aromatic heterocycles. The van der Waals surface area contributed by atoms with Gasteiger partial charge in [0.15, 0.2) is 0 Å². The molecule has 0 radical (unpaired) electrons. The molecular formula is C27H31NO2. The highest BCUT2D eigenvalue weighted by Gasteiger charge is 2.41. The van der Waals surface area contributed by atoms with E-state index in [0.29, 0.717) is 6.04 Å². The number of benzene rings is 3. The van der Waals surface area contributed by atoms with Gasteiger partial charge < -0.3 is 14.4 Å². The number of fused-ring (bicyclic) bond motifs is 1. The summed E-state index contributed by atoms with van der Waals surface area (Å²) in [6.07, 6.45) is 2.16. The van der Waals surface area contributed by atoms with Crippen molar-refractivity contribution in [2.24, 2.45) is 0 Å². The fourth-order valence-corrected chi connectivity index (χ4v) is 4.95. The van der Waals surface area contributed by atoms with Crippen LogP contribution < -0.4 is 4.74 Å². The molecule has 0 fully saturated rings. The third-order valence-electron chi connectivity index (χ3n) is 6.65. The Hall–Kier alpha value is -2.62. The van der Waals surface area contributed by atoms with Crippen molar-refractivity contribution in [3.63, 3.8) is 0 Å². The molecule has 3 aromatic rings. The molecule has 3 aromatic carbocycles. The second kappa shape index (κ2) is 8.25. The molecule has 0 spiro atoms. The minimum Gasteiger partial charge on any atom is -0.497 e. The van der Waals surface area contributed by atoms with E-state index >= 15 is 0 Å². The molecular weight excluding hydrogens is 370 g/mol. The normalized spacial score (nSPS) is 20.8. The van der Waals surface area contributed by atoms with E-state index in [9.17, 15) is 0 Å². The molecule has 156 valence electrons. The minimum atomic E-state index is -0.300. The Kier molecular flexibility index (Phi) is 5.68. The minimum absolute atomic E-state index is 0.300. The van der Waals surface area contributed by atoms with Crippen molar-refractivity contribution in [2.45, 2.75) is 31.4 Å². The van der Waals surface area contributed by atoms with Gasteiger partial charge in [0.1, 0.15) is 11.4 Å². The van der Waals surface area contributed by atoms with Crippen LogP contribution in [-0.2, 0) is 16.8 Å². The first-order valence-corrected chi connectivity index (χ1v) is 10.6. The van der Waals surface area contributed by atoms with Crippen LogP contribution in [0.3, 0.4) is 0 Å². The Morgan fingerprint density at radius 1 is 0.867 bits per heavy atom. The third-order valence-corrected chi connectivity index (χ3v) is 6.65. The molecule has 0 aliphatic heterocycles. The maximum atomic E-state index is 6.09. The molecule has 30 heavy (non-hydrogen) atoms. The summed E-state index contributed by atoms with van der Waals surface area (Å²) in [4.78, 5) is 2.29. The summed E-state index contributed by atoms with van der Waals surface area (Å²) in [5.74, 6) is 0.874. The van der Waals surface area contributed by atoms with Crippen molar-refractivity contribution in [1.29, 1.82) is 0 Å². The number of ether oxygens (including phenoxy) is 2. The van der Waals surface area contributed by atoms with Crippen molar-refractivity contribution < 1.29 is 9.47 Å². The number of rotatable bonds is 5. The largest absolute Gasteiger partial charge is 0.497 e.